The van der Waals surface area contributed by atoms with Gasteiger partial charge in [-0.05, 0) is 67.1 Å². The second-order valence-corrected chi connectivity index (χ2v) is 10.0. The molecule has 0 saturated carbocycles. The molecular weight excluding hydrogens is 478 g/mol. The standard InChI is InChI=1S/C28H21NO6S/c1-18(30)27-19(2)34-26-15-13-22(17-25(26)27)29(28(31)35-23-10-4-3-5-11-23)36(32,33)24-14-12-20-8-6-7-9-21(20)16-24/h3-17H,1-2H3. The molecule has 4 aromatic carbocycles. The Morgan fingerprint density at radius 1 is 0.833 bits per heavy atom. The van der Waals surface area contributed by atoms with Crippen molar-refractivity contribution < 1.29 is 27.2 Å². The van der Waals surface area contributed by atoms with Crippen LogP contribution in [-0.4, -0.2) is 20.3 Å². The summed E-state index contributed by atoms with van der Waals surface area (Å²) in [4.78, 5) is 25.6. The summed E-state index contributed by atoms with van der Waals surface area (Å²) in [7, 11) is -4.42. The second-order valence-electron chi connectivity index (χ2n) is 8.23. The highest BCUT2D eigenvalue weighted by molar-refractivity contribution is 7.93. The Balaban J connectivity index is 1.68. The van der Waals surface area contributed by atoms with Crippen LogP contribution in [0.5, 0.6) is 5.75 Å². The van der Waals surface area contributed by atoms with Gasteiger partial charge in [-0.2, -0.15) is 4.31 Å². The Morgan fingerprint density at radius 2 is 1.53 bits per heavy atom. The van der Waals surface area contributed by atoms with Gasteiger partial charge in [0.2, 0.25) is 0 Å². The first-order chi connectivity index (χ1) is 17.3. The van der Waals surface area contributed by atoms with Gasteiger partial charge in [-0.1, -0.05) is 48.5 Å². The molecule has 1 aromatic heterocycles. The highest BCUT2D eigenvalue weighted by Gasteiger charge is 2.34. The zero-order chi connectivity index (χ0) is 25.4. The van der Waals surface area contributed by atoms with Crippen LogP contribution in [0.2, 0.25) is 0 Å². The van der Waals surface area contributed by atoms with Gasteiger partial charge >= 0.3 is 6.09 Å². The number of sulfonamides is 1. The molecule has 0 saturated heterocycles. The number of fused-ring (bicyclic) bond motifs is 2. The summed E-state index contributed by atoms with van der Waals surface area (Å²) in [5.74, 6) is 0.357. The zero-order valence-electron chi connectivity index (χ0n) is 19.5. The van der Waals surface area contributed by atoms with Crippen molar-refractivity contribution >= 4 is 49.3 Å². The van der Waals surface area contributed by atoms with Gasteiger partial charge in [-0.15, -0.1) is 0 Å². The number of hydrogen-bond acceptors (Lipinski definition) is 6. The second kappa shape index (κ2) is 8.98. The number of anilines is 1. The van der Waals surface area contributed by atoms with Crippen LogP contribution in [-0.2, 0) is 10.0 Å². The topological polar surface area (TPSA) is 93.9 Å². The lowest BCUT2D eigenvalue weighted by Gasteiger charge is -2.22. The summed E-state index contributed by atoms with van der Waals surface area (Å²) in [5, 5.41) is 1.97. The molecule has 1 heterocycles. The Hall–Kier alpha value is -4.43. The highest BCUT2D eigenvalue weighted by atomic mass is 32.2. The third kappa shape index (κ3) is 4.12. The van der Waals surface area contributed by atoms with E-state index in [1.807, 2.05) is 12.1 Å². The molecule has 5 aromatic rings. The Bertz CT molecular complexity index is 1740. The van der Waals surface area contributed by atoms with Crippen molar-refractivity contribution in [2.75, 3.05) is 4.31 Å². The first kappa shape index (κ1) is 23.3. The largest absolute Gasteiger partial charge is 0.461 e. The number of para-hydroxylation sites is 1. The Morgan fingerprint density at radius 3 is 2.25 bits per heavy atom. The van der Waals surface area contributed by atoms with Crippen molar-refractivity contribution in [3.63, 3.8) is 0 Å². The predicted molar refractivity (Wildman–Crippen MR) is 137 cm³/mol. The van der Waals surface area contributed by atoms with Gasteiger partial charge in [-0.25, -0.2) is 13.2 Å². The number of amides is 1. The molecule has 0 aliphatic rings. The Kier molecular flexibility index (Phi) is 5.81. The van der Waals surface area contributed by atoms with Crippen molar-refractivity contribution in [3.05, 3.63) is 102 Å². The highest BCUT2D eigenvalue weighted by Crippen LogP contribution is 2.33. The van der Waals surface area contributed by atoms with Crippen molar-refractivity contribution in [1.82, 2.24) is 0 Å². The van der Waals surface area contributed by atoms with E-state index >= 15 is 0 Å². The molecule has 180 valence electrons. The van der Waals surface area contributed by atoms with E-state index in [0.717, 1.165) is 5.39 Å². The lowest BCUT2D eigenvalue weighted by Crippen LogP contribution is -2.39. The molecule has 1 amide bonds. The van der Waals surface area contributed by atoms with Crippen LogP contribution >= 0.6 is 0 Å². The molecule has 0 bridgehead atoms. The van der Waals surface area contributed by atoms with Gasteiger partial charge in [-0.3, -0.25) is 4.79 Å². The maximum Gasteiger partial charge on any atom is 0.434 e. The summed E-state index contributed by atoms with van der Waals surface area (Å²) in [5.41, 5.74) is 0.743. The van der Waals surface area contributed by atoms with Gasteiger partial charge in [0.25, 0.3) is 10.0 Å². The van der Waals surface area contributed by atoms with Crippen molar-refractivity contribution in [1.29, 1.82) is 0 Å². The molecule has 0 N–H and O–H groups in total. The number of ether oxygens (including phenoxy) is 1. The number of aryl methyl sites for hydroxylation is 1. The van der Waals surface area contributed by atoms with Crippen LogP contribution in [0.25, 0.3) is 21.7 Å². The average molecular weight is 500 g/mol. The summed E-state index contributed by atoms with van der Waals surface area (Å²) in [6.45, 7) is 3.06. The predicted octanol–water partition coefficient (Wildman–Crippen LogP) is 6.49. The number of benzene rings is 4. The fourth-order valence-electron chi connectivity index (χ4n) is 4.18. The molecule has 36 heavy (non-hydrogen) atoms. The van der Waals surface area contributed by atoms with Gasteiger partial charge < -0.3 is 9.15 Å². The molecule has 0 fully saturated rings. The van der Waals surface area contributed by atoms with Crippen LogP contribution < -0.4 is 9.04 Å². The average Bonchev–Trinajstić information content (AvgIpc) is 3.19. The maximum absolute atomic E-state index is 13.9. The minimum atomic E-state index is -4.42. The fourth-order valence-corrected chi connectivity index (χ4v) is 5.53. The molecular formula is C28H21NO6S. The van der Waals surface area contributed by atoms with Gasteiger partial charge in [0.15, 0.2) is 5.78 Å². The van der Waals surface area contributed by atoms with Crippen molar-refractivity contribution in [2.45, 2.75) is 18.7 Å². The van der Waals surface area contributed by atoms with E-state index in [0.29, 0.717) is 32.0 Å². The smallest absolute Gasteiger partial charge is 0.434 e. The van der Waals surface area contributed by atoms with Crippen LogP contribution in [0.4, 0.5) is 10.5 Å². The quantitative estimate of drug-likeness (QED) is 0.257. The van der Waals surface area contributed by atoms with E-state index in [-0.39, 0.29) is 22.1 Å². The zero-order valence-corrected chi connectivity index (χ0v) is 20.3. The van der Waals surface area contributed by atoms with Crippen LogP contribution in [0, 0.1) is 6.92 Å². The summed E-state index contributed by atoms with van der Waals surface area (Å²) < 4.78 is 39.5. The van der Waals surface area contributed by atoms with Crippen molar-refractivity contribution in [2.24, 2.45) is 0 Å². The van der Waals surface area contributed by atoms with Crippen LogP contribution in [0.15, 0.2) is 100 Å². The minimum absolute atomic E-state index is 0.0138. The summed E-state index contributed by atoms with van der Waals surface area (Å²) in [6.07, 6.45) is -1.11. The number of nitrogens with zero attached hydrogens (tertiary/aromatic N) is 1. The first-order valence-corrected chi connectivity index (χ1v) is 12.5. The lowest BCUT2D eigenvalue weighted by atomic mass is 10.1. The first-order valence-electron chi connectivity index (χ1n) is 11.1. The number of carbonyl (C=O) groups is 2. The van der Waals surface area contributed by atoms with Crippen LogP contribution in [0.1, 0.15) is 23.0 Å². The van der Waals surface area contributed by atoms with E-state index in [1.54, 1.807) is 55.5 Å². The van der Waals surface area contributed by atoms with E-state index in [2.05, 4.69) is 0 Å². The molecule has 8 heteroatoms. The van der Waals surface area contributed by atoms with E-state index in [4.69, 9.17) is 9.15 Å². The number of furan rings is 1. The maximum atomic E-state index is 13.9. The molecule has 0 spiro atoms. The number of Topliss-reactive ketones (excluding diaryl/α,β-unsaturated/α-hetero) is 1. The number of hydrogen-bond donors (Lipinski definition) is 0. The molecule has 0 aliphatic carbocycles. The SMILES string of the molecule is CC(=O)c1c(C)oc2ccc(N(C(=O)Oc3ccccc3)S(=O)(=O)c3ccc4ccccc4c3)cc12. The Labute approximate surface area is 207 Å². The van der Waals surface area contributed by atoms with E-state index in [1.165, 1.54) is 37.3 Å². The monoisotopic (exact) mass is 499 g/mol. The van der Waals surface area contributed by atoms with E-state index < -0.39 is 16.1 Å². The molecule has 7 nitrogen and oxygen atoms in total. The van der Waals surface area contributed by atoms with Gasteiger partial charge in [0.1, 0.15) is 17.1 Å². The van der Waals surface area contributed by atoms with Crippen molar-refractivity contribution in [3.8, 4) is 5.75 Å². The summed E-state index contributed by atoms with van der Waals surface area (Å²) in [6, 6.07) is 24.6. The number of ketones is 1. The van der Waals surface area contributed by atoms with Gasteiger partial charge in [0, 0.05) is 5.39 Å². The summed E-state index contributed by atoms with van der Waals surface area (Å²) >= 11 is 0. The van der Waals surface area contributed by atoms with Gasteiger partial charge in [0.05, 0.1) is 16.1 Å². The third-order valence-electron chi connectivity index (χ3n) is 5.81. The lowest BCUT2D eigenvalue weighted by molar-refractivity contribution is 0.101. The van der Waals surface area contributed by atoms with Crippen LogP contribution in [0.3, 0.4) is 0 Å². The third-order valence-corrected chi connectivity index (χ3v) is 7.50. The van der Waals surface area contributed by atoms with E-state index in [9.17, 15) is 18.0 Å². The molecule has 5 rings (SSSR count). The number of rotatable bonds is 5. The molecule has 0 radical (unpaired) electrons. The normalized spacial score (nSPS) is 11.5. The molecule has 0 unspecified atom stereocenters. The number of carbonyl (C=O) groups excluding carboxylic acids is 2. The fraction of sp³-hybridized carbons (Fsp3) is 0.0714. The molecule has 0 aliphatic heterocycles. The minimum Gasteiger partial charge on any atom is -0.461 e. The molecule has 0 atom stereocenters.